The molecule has 0 aliphatic heterocycles. The molecule has 0 aromatic heterocycles. The Kier molecular flexibility index (Phi) is 4.01. The maximum Gasteiger partial charge on any atom is 0.258 e. The molecule has 1 aromatic carbocycles. The molecule has 0 spiro atoms. The molecule has 94 valence electrons. The monoisotopic (exact) mass is 257 g/mol. The number of carbonyl (C=O) groups is 1. The first-order chi connectivity index (χ1) is 7.77. The van der Waals surface area contributed by atoms with Crippen molar-refractivity contribution in [3.8, 4) is 5.75 Å². The van der Waals surface area contributed by atoms with E-state index in [1.807, 2.05) is 0 Å². The molecule has 1 amide bonds. The van der Waals surface area contributed by atoms with Crippen LogP contribution in [0.4, 0.5) is 5.69 Å². The Morgan fingerprint density at radius 2 is 2.06 bits per heavy atom. The number of rotatable bonds is 3. The van der Waals surface area contributed by atoms with Crippen LogP contribution in [0.15, 0.2) is 18.2 Å². The fraction of sp³-hybridized carbons (Fsp3) is 0.417. The normalized spacial score (nSPS) is 11.2. The van der Waals surface area contributed by atoms with Crippen LogP contribution in [0.1, 0.15) is 13.8 Å². The molecule has 0 saturated carbocycles. The van der Waals surface area contributed by atoms with Gasteiger partial charge in [-0.15, -0.1) is 0 Å². The molecule has 4 nitrogen and oxygen atoms in total. The molecule has 5 heteroatoms. The smallest absolute Gasteiger partial charge is 0.258 e. The molecule has 1 aromatic rings. The van der Waals surface area contributed by atoms with E-state index in [1.165, 1.54) is 25.9 Å². The second-order valence-electron chi connectivity index (χ2n) is 4.24. The third-order valence-corrected chi connectivity index (χ3v) is 2.57. The number of ether oxygens (including phenoxy) is 1. The maximum atomic E-state index is 11.9. The minimum Gasteiger partial charge on any atom is -0.495 e. The van der Waals surface area contributed by atoms with Crippen LogP contribution in [0.3, 0.4) is 0 Å². The predicted octanol–water partition coefficient (Wildman–Crippen LogP) is 2.08. The standard InChI is InChI=1S/C12H16ClNO3/c1-12(2,16)11(15)14(3)9-7-8(13)5-6-10(9)17-4/h5-7,16H,1-4H3. The summed E-state index contributed by atoms with van der Waals surface area (Å²) in [6, 6.07) is 4.96. The van der Waals surface area contributed by atoms with Gasteiger partial charge >= 0.3 is 0 Å². The average Bonchev–Trinajstić information content (AvgIpc) is 2.25. The van der Waals surface area contributed by atoms with E-state index >= 15 is 0 Å². The fourth-order valence-corrected chi connectivity index (χ4v) is 1.61. The highest BCUT2D eigenvalue weighted by Gasteiger charge is 2.29. The lowest BCUT2D eigenvalue weighted by molar-refractivity contribution is -0.133. The number of halogens is 1. The lowest BCUT2D eigenvalue weighted by Gasteiger charge is -2.26. The largest absolute Gasteiger partial charge is 0.495 e. The van der Waals surface area contributed by atoms with Crippen LogP contribution in [-0.2, 0) is 4.79 Å². The molecule has 0 saturated heterocycles. The quantitative estimate of drug-likeness (QED) is 0.902. The highest BCUT2D eigenvalue weighted by Crippen LogP contribution is 2.31. The van der Waals surface area contributed by atoms with Gasteiger partial charge in [-0.3, -0.25) is 4.79 Å². The van der Waals surface area contributed by atoms with E-state index in [0.29, 0.717) is 16.5 Å². The second kappa shape index (κ2) is 4.94. The van der Waals surface area contributed by atoms with Crippen LogP contribution in [0.5, 0.6) is 5.75 Å². The van der Waals surface area contributed by atoms with Crippen molar-refractivity contribution >= 4 is 23.2 Å². The summed E-state index contributed by atoms with van der Waals surface area (Å²) in [4.78, 5) is 13.2. The number of amides is 1. The molecule has 0 unspecified atom stereocenters. The van der Waals surface area contributed by atoms with Crippen LogP contribution in [0.2, 0.25) is 5.02 Å². The van der Waals surface area contributed by atoms with Gasteiger partial charge in [-0.05, 0) is 32.0 Å². The first-order valence-electron chi connectivity index (χ1n) is 5.11. The summed E-state index contributed by atoms with van der Waals surface area (Å²) in [5.74, 6) is 0.0903. The minimum atomic E-state index is -1.44. The Labute approximate surface area is 106 Å². The Morgan fingerprint density at radius 1 is 1.47 bits per heavy atom. The van der Waals surface area contributed by atoms with Crippen molar-refractivity contribution in [1.29, 1.82) is 0 Å². The van der Waals surface area contributed by atoms with Crippen molar-refractivity contribution in [3.05, 3.63) is 23.2 Å². The summed E-state index contributed by atoms with van der Waals surface area (Å²) < 4.78 is 5.15. The van der Waals surface area contributed by atoms with E-state index < -0.39 is 11.5 Å². The lowest BCUT2D eigenvalue weighted by Crippen LogP contribution is -2.43. The summed E-state index contributed by atoms with van der Waals surface area (Å²) in [5.41, 5.74) is -0.922. The highest BCUT2D eigenvalue weighted by atomic mass is 35.5. The molecule has 0 radical (unpaired) electrons. The zero-order valence-corrected chi connectivity index (χ0v) is 11.1. The molecule has 17 heavy (non-hydrogen) atoms. The van der Waals surface area contributed by atoms with Crippen LogP contribution in [0.25, 0.3) is 0 Å². The summed E-state index contributed by atoms with van der Waals surface area (Å²) in [6.45, 7) is 2.87. The Bertz CT molecular complexity index is 426. The van der Waals surface area contributed by atoms with Crippen molar-refractivity contribution in [3.63, 3.8) is 0 Å². The number of nitrogens with zero attached hydrogens (tertiary/aromatic N) is 1. The van der Waals surface area contributed by atoms with Crippen molar-refractivity contribution in [1.82, 2.24) is 0 Å². The van der Waals surface area contributed by atoms with E-state index in [4.69, 9.17) is 16.3 Å². The van der Waals surface area contributed by atoms with Gasteiger partial charge in [-0.1, -0.05) is 11.6 Å². The van der Waals surface area contributed by atoms with Crippen molar-refractivity contribution in [2.24, 2.45) is 0 Å². The number of anilines is 1. The Hall–Kier alpha value is -1.26. The van der Waals surface area contributed by atoms with Crippen LogP contribution in [0, 0.1) is 0 Å². The molecule has 1 N–H and O–H groups in total. The number of carbonyl (C=O) groups excluding carboxylic acids is 1. The minimum absolute atomic E-state index is 0.432. The van der Waals surface area contributed by atoms with Gasteiger partial charge in [0.05, 0.1) is 12.8 Å². The molecular weight excluding hydrogens is 242 g/mol. The first kappa shape index (κ1) is 13.8. The molecule has 0 fully saturated rings. The predicted molar refractivity (Wildman–Crippen MR) is 67.7 cm³/mol. The summed E-state index contributed by atoms with van der Waals surface area (Å²) in [7, 11) is 3.07. The zero-order valence-electron chi connectivity index (χ0n) is 10.3. The molecule has 0 atom stereocenters. The van der Waals surface area contributed by atoms with Crippen molar-refractivity contribution < 1.29 is 14.6 Å². The van der Waals surface area contributed by atoms with Gasteiger partial charge in [0.1, 0.15) is 11.4 Å². The molecule has 0 bridgehead atoms. The van der Waals surface area contributed by atoms with Crippen molar-refractivity contribution in [2.45, 2.75) is 19.4 Å². The number of hydrogen-bond acceptors (Lipinski definition) is 3. The number of hydrogen-bond donors (Lipinski definition) is 1. The first-order valence-corrected chi connectivity index (χ1v) is 5.49. The average molecular weight is 258 g/mol. The van der Waals surface area contributed by atoms with Crippen LogP contribution in [-0.4, -0.2) is 30.8 Å². The van der Waals surface area contributed by atoms with Gasteiger partial charge in [-0.2, -0.15) is 0 Å². The molecule has 1 rings (SSSR count). The second-order valence-corrected chi connectivity index (χ2v) is 4.68. The van der Waals surface area contributed by atoms with Crippen LogP contribution < -0.4 is 9.64 Å². The maximum absolute atomic E-state index is 11.9. The highest BCUT2D eigenvalue weighted by molar-refractivity contribution is 6.31. The SMILES string of the molecule is COc1ccc(Cl)cc1N(C)C(=O)C(C)(C)O. The summed E-state index contributed by atoms with van der Waals surface area (Å²) >= 11 is 5.88. The van der Waals surface area contributed by atoms with Crippen LogP contribution >= 0.6 is 11.6 Å². The van der Waals surface area contributed by atoms with Crippen molar-refractivity contribution in [2.75, 3.05) is 19.1 Å². The third kappa shape index (κ3) is 3.11. The zero-order chi connectivity index (χ0) is 13.2. The van der Waals surface area contributed by atoms with Gasteiger partial charge < -0.3 is 14.7 Å². The third-order valence-electron chi connectivity index (χ3n) is 2.33. The molecule has 0 aliphatic rings. The van der Waals surface area contributed by atoms with E-state index in [0.717, 1.165) is 0 Å². The van der Waals surface area contributed by atoms with Gasteiger partial charge in [0.25, 0.3) is 5.91 Å². The molecule has 0 heterocycles. The summed E-state index contributed by atoms with van der Waals surface area (Å²) in [5, 5.41) is 10.2. The number of aliphatic hydroxyl groups is 1. The van der Waals surface area contributed by atoms with Gasteiger partial charge in [0.2, 0.25) is 0 Å². The number of methoxy groups -OCH3 is 1. The van der Waals surface area contributed by atoms with Gasteiger partial charge in [0.15, 0.2) is 0 Å². The Balaban J connectivity index is 3.15. The van der Waals surface area contributed by atoms with Gasteiger partial charge in [-0.25, -0.2) is 0 Å². The van der Waals surface area contributed by atoms with E-state index in [9.17, 15) is 9.90 Å². The molecular formula is C12H16ClNO3. The summed E-state index contributed by atoms with van der Waals surface area (Å²) in [6.07, 6.45) is 0. The number of benzene rings is 1. The van der Waals surface area contributed by atoms with E-state index in [1.54, 1.807) is 25.2 Å². The Morgan fingerprint density at radius 3 is 2.53 bits per heavy atom. The molecule has 0 aliphatic carbocycles. The fourth-order valence-electron chi connectivity index (χ4n) is 1.45. The lowest BCUT2D eigenvalue weighted by atomic mass is 10.1. The van der Waals surface area contributed by atoms with E-state index in [-0.39, 0.29) is 0 Å². The number of likely N-dealkylation sites (N-methyl/N-ethyl adjacent to an activating group) is 1. The van der Waals surface area contributed by atoms with Gasteiger partial charge in [0, 0.05) is 12.1 Å². The topological polar surface area (TPSA) is 49.8 Å². The van der Waals surface area contributed by atoms with E-state index in [2.05, 4.69) is 0 Å².